The van der Waals surface area contributed by atoms with Gasteiger partial charge in [0, 0.05) is 10.2 Å². The molecular weight excluding hydrogens is 330 g/mol. The number of nitrogens with one attached hydrogen (secondary N) is 1. The molecule has 0 radical (unpaired) electrons. The van der Waals surface area contributed by atoms with Crippen LogP contribution >= 0.6 is 15.9 Å². The van der Waals surface area contributed by atoms with Crippen molar-refractivity contribution in [1.29, 1.82) is 5.26 Å². The molecule has 100 valence electrons. The van der Waals surface area contributed by atoms with E-state index in [4.69, 9.17) is 5.26 Å². The van der Waals surface area contributed by atoms with Crippen LogP contribution in [0.2, 0.25) is 0 Å². The Kier molecular flexibility index (Phi) is 4.11. The van der Waals surface area contributed by atoms with Crippen molar-refractivity contribution in [3.05, 3.63) is 63.6 Å². The van der Waals surface area contributed by atoms with Crippen LogP contribution in [-0.2, 0) is 0 Å². The lowest BCUT2D eigenvalue weighted by Gasteiger charge is -2.07. The zero-order valence-electron chi connectivity index (χ0n) is 9.95. The van der Waals surface area contributed by atoms with Gasteiger partial charge in [-0.05, 0) is 52.3 Å². The summed E-state index contributed by atoms with van der Waals surface area (Å²) in [6.07, 6.45) is 0. The van der Waals surface area contributed by atoms with E-state index in [1.807, 2.05) is 0 Å². The Morgan fingerprint density at radius 3 is 2.60 bits per heavy atom. The van der Waals surface area contributed by atoms with Crippen molar-refractivity contribution in [2.45, 2.75) is 0 Å². The lowest BCUT2D eigenvalue weighted by Crippen LogP contribution is -2.13. The lowest BCUT2D eigenvalue weighted by molar-refractivity contribution is 0.102. The number of carbonyl (C=O) groups is 1. The molecule has 20 heavy (non-hydrogen) atoms. The van der Waals surface area contributed by atoms with Gasteiger partial charge in [-0.2, -0.15) is 5.26 Å². The van der Waals surface area contributed by atoms with Crippen LogP contribution in [0.3, 0.4) is 0 Å². The molecule has 0 aliphatic heterocycles. The van der Waals surface area contributed by atoms with E-state index in [1.54, 1.807) is 6.07 Å². The predicted molar refractivity (Wildman–Crippen MR) is 73.2 cm³/mol. The van der Waals surface area contributed by atoms with Gasteiger partial charge in [0.25, 0.3) is 5.91 Å². The van der Waals surface area contributed by atoms with Crippen LogP contribution in [0.25, 0.3) is 0 Å². The van der Waals surface area contributed by atoms with E-state index in [2.05, 4.69) is 21.2 Å². The zero-order chi connectivity index (χ0) is 14.7. The molecule has 1 N–H and O–H groups in total. The summed E-state index contributed by atoms with van der Waals surface area (Å²) < 4.78 is 26.4. The average Bonchev–Trinajstić information content (AvgIpc) is 2.40. The minimum Gasteiger partial charge on any atom is -0.322 e. The van der Waals surface area contributed by atoms with E-state index in [1.165, 1.54) is 24.3 Å². The third-order valence-electron chi connectivity index (χ3n) is 2.52. The van der Waals surface area contributed by atoms with Crippen molar-refractivity contribution >= 4 is 27.5 Å². The first-order valence-electron chi connectivity index (χ1n) is 5.47. The highest BCUT2D eigenvalue weighted by Crippen LogP contribution is 2.20. The van der Waals surface area contributed by atoms with Gasteiger partial charge in [0.1, 0.15) is 17.7 Å². The molecule has 0 spiro atoms. The smallest absolute Gasteiger partial charge is 0.256 e. The van der Waals surface area contributed by atoms with Crippen LogP contribution < -0.4 is 5.32 Å². The predicted octanol–water partition coefficient (Wildman–Crippen LogP) is 3.85. The normalized spacial score (nSPS) is 9.90. The standard InChI is InChI=1S/C14H7BrF2N2O/c15-12-6-9(16)1-3-11(12)14(20)19-10-2-4-13(17)8(5-10)7-18/h1-6H,(H,19,20). The summed E-state index contributed by atoms with van der Waals surface area (Å²) in [6.45, 7) is 0. The topological polar surface area (TPSA) is 52.9 Å². The molecule has 0 aliphatic carbocycles. The molecule has 2 aromatic rings. The van der Waals surface area contributed by atoms with Gasteiger partial charge in [-0.1, -0.05) is 0 Å². The molecule has 2 rings (SSSR count). The molecule has 0 saturated heterocycles. The van der Waals surface area contributed by atoms with E-state index in [0.29, 0.717) is 4.47 Å². The Labute approximate surface area is 122 Å². The summed E-state index contributed by atoms with van der Waals surface area (Å²) in [5.74, 6) is -1.62. The second kappa shape index (κ2) is 5.80. The molecular formula is C14H7BrF2N2O. The van der Waals surface area contributed by atoms with Crippen LogP contribution in [0.1, 0.15) is 15.9 Å². The van der Waals surface area contributed by atoms with E-state index in [-0.39, 0.29) is 16.8 Å². The summed E-state index contributed by atoms with van der Waals surface area (Å²) in [5.41, 5.74) is 0.347. The van der Waals surface area contributed by atoms with Gasteiger partial charge in [-0.3, -0.25) is 4.79 Å². The summed E-state index contributed by atoms with van der Waals surface area (Å²) in [6, 6.07) is 8.99. The Morgan fingerprint density at radius 1 is 1.20 bits per heavy atom. The Morgan fingerprint density at radius 2 is 1.95 bits per heavy atom. The third-order valence-corrected chi connectivity index (χ3v) is 3.18. The van der Waals surface area contributed by atoms with Crippen LogP contribution in [-0.4, -0.2) is 5.91 Å². The van der Waals surface area contributed by atoms with Crippen molar-refractivity contribution in [2.24, 2.45) is 0 Å². The first kappa shape index (κ1) is 14.2. The number of nitrogens with zero attached hydrogens (tertiary/aromatic N) is 1. The fourth-order valence-electron chi connectivity index (χ4n) is 1.56. The quantitative estimate of drug-likeness (QED) is 0.905. The van der Waals surface area contributed by atoms with Crippen LogP contribution in [0.4, 0.5) is 14.5 Å². The van der Waals surface area contributed by atoms with Crippen molar-refractivity contribution in [3.8, 4) is 6.07 Å². The molecule has 0 atom stereocenters. The van der Waals surface area contributed by atoms with Gasteiger partial charge in [-0.25, -0.2) is 8.78 Å². The number of hydrogen-bond acceptors (Lipinski definition) is 2. The minimum atomic E-state index is -0.659. The number of rotatable bonds is 2. The lowest BCUT2D eigenvalue weighted by atomic mass is 10.1. The number of anilines is 1. The Bertz CT molecular complexity index is 726. The van der Waals surface area contributed by atoms with Crippen LogP contribution in [0.5, 0.6) is 0 Å². The largest absolute Gasteiger partial charge is 0.322 e. The fourth-order valence-corrected chi connectivity index (χ4v) is 2.09. The molecule has 0 heterocycles. The Balaban J connectivity index is 2.26. The molecule has 6 heteroatoms. The maximum atomic E-state index is 13.2. The number of halogens is 3. The summed E-state index contributed by atoms with van der Waals surface area (Å²) in [7, 11) is 0. The second-order valence-corrected chi connectivity index (χ2v) is 4.74. The maximum absolute atomic E-state index is 13.2. The number of benzene rings is 2. The van der Waals surface area contributed by atoms with Gasteiger partial charge in [0.2, 0.25) is 0 Å². The van der Waals surface area contributed by atoms with Crippen molar-refractivity contribution in [3.63, 3.8) is 0 Å². The highest BCUT2D eigenvalue weighted by atomic mass is 79.9. The number of amides is 1. The van der Waals surface area contributed by atoms with Gasteiger partial charge in [0.05, 0.1) is 11.1 Å². The first-order valence-corrected chi connectivity index (χ1v) is 6.26. The minimum absolute atomic E-state index is 0.166. The molecule has 0 unspecified atom stereocenters. The van der Waals surface area contributed by atoms with Gasteiger partial charge in [-0.15, -0.1) is 0 Å². The van der Waals surface area contributed by atoms with E-state index in [0.717, 1.165) is 12.1 Å². The summed E-state index contributed by atoms with van der Waals surface area (Å²) in [5, 5.41) is 11.2. The van der Waals surface area contributed by atoms with Crippen molar-refractivity contribution in [2.75, 3.05) is 5.32 Å². The van der Waals surface area contributed by atoms with E-state index in [9.17, 15) is 13.6 Å². The molecule has 2 aromatic carbocycles. The van der Waals surface area contributed by atoms with E-state index < -0.39 is 17.5 Å². The molecule has 0 aromatic heterocycles. The van der Waals surface area contributed by atoms with Gasteiger partial charge in [0.15, 0.2) is 0 Å². The molecule has 0 saturated carbocycles. The van der Waals surface area contributed by atoms with Gasteiger partial charge < -0.3 is 5.32 Å². The molecule has 1 amide bonds. The van der Waals surface area contributed by atoms with E-state index >= 15 is 0 Å². The van der Waals surface area contributed by atoms with Crippen LogP contribution in [0, 0.1) is 23.0 Å². The number of carbonyl (C=O) groups excluding carboxylic acids is 1. The van der Waals surface area contributed by atoms with Gasteiger partial charge >= 0.3 is 0 Å². The highest BCUT2D eigenvalue weighted by Gasteiger charge is 2.12. The molecule has 0 fully saturated rings. The maximum Gasteiger partial charge on any atom is 0.256 e. The molecule has 0 aliphatic rings. The van der Waals surface area contributed by atoms with Crippen molar-refractivity contribution in [1.82, 2.24) is 0 Å². The summed E-state index contributed by atoms with van der Waals surface area (Å²) in [4.78, 5) is 12.0. The molecule has 0 bridgehead atoms. The average molecular weight is 337 g/mol. The third kappa shape index (κ3) is 3.00. The summed E-state index contributed by atoms with van der Waals surface area (Å²) >= 11 is 3.09. The molecule has 3 nitrogen and oxygen atoms in total. The number of nitriles is 1. The second-order valence-electron chi connectivity index (χ2n) is 3.88. The SMILES string of the molecule is N#Cc1cc(NC(=O)c2ccc(F)cc2Br)ccc1F. The van der Waals surface area contributed by atoms with Crippen molar-refractivity contribution < 1.29 is 13.6 Å². The fraction of sp³-hybridized carbons (Fsp3) is 0. The number of hydrogen-bond donors (Lipinski definition) is 1. The van der Waals surface area contributed by atoms with Crippen LogP contribution in [0.15, 0.2) is 40.9 Å². The first-order chi connectivity index (χ1) is 9.51. The Hall–Kier alpha value is -2.26. The zero-order valence-corrected chi connectivity index (χ0v) is 11.5. The monoisotopic (exact) mass is 336 g/mol. The highest BCUT2D eigenvalue weighted by molar-refractivity contribution is 9.10.